The van der Waals surface area contributed by atoms with Crippen LogP contribution < -0.4 is 39.6 Å². The first-order valence-corrected chi connectivity index (χ1v) is 11.8. The predicted molar refractivity (Wildman–Crippen MR) is 118 cm³/mol. The zero-order valence-corrected chi connectivity index (χ0v) is 21.0. The molecule has 0 aliphatic carbocycles. The molecular weight excluding hydrogens is 437 g/mol. The predicted octanol–water partition coefficient (Wildman–Crippen LogP) is -0.383. The van der Waals surface area contributed by atoms with E-state index in [2.05, 4.69) is 21.5 Å². The van der Waals surface area contributed by atoms with Gasteiger partial charge >= 0.3 is 29.6 Å². The van der Waals surface area contributed by atoms with Crippen molar-refractivity contribution in [1.29, 1.82) is 5.26 Å². The molecule has 0 unspecified atom stereocenters. The van der Waals surface area contributed by atoms with Gasteiger partial charge in [0.25, 0.3) is 0 Å². The van der Waals surface area contributed by atoms with Crippen LogP contribution in [0.5, 0.6) is 5.75 Å². The fourth-order valence-electron chi connectivity index (χ4n) is 4.00. The largest absolute Gasteiger partial charge is 1.00 e. The number of nitrogens with zero attached hydrogens (tertiary/aromatic N) is 3. The molecule has 1 fully saturated rings. The topological polar surface area (TPSA) is 113 Å². The number of aryl methyl sites for hydroxylation is 1. The van der Waals surface area contributed by atoms with Crippen LogP contribution in [0.3, 0.4) is 0 Å². The molecule has 2 N–H and O–H groups in total. The van der Waals surface area contributed by atoms with Crippen molar-refractivity contribution in [2.24, 2.45) is 0 Å². The number of aromatic nitrogens is 3. The number of fused-ring (bicyclic) bond motifs is 2. The number of H-pyrrole nitrogens is 1. The van der Waals surface area contributed by atoms with E-state index < -0.39 is 9.84 Å². The second-order valence-corrected chi connectivity index (χ2v) is 9.91. The summed E-state index contributed by atoms with van der Waals surface area (Å²) in [4.78, 5) is 3.49. The van der Waals surface area contributed by atoms with Crippen molar-refractivity contribution in [3.05, 3.63) is 53.3 Å². The van der Waals surface area contributed by atoms with Crippen LogP contribution in [0.2, 0.25) is 0 Å². The molecule has 3 heterocycles. The third-order valence-corrected chi connectivity index (χ3v) is 6.82. The van der Waals surface area contributed by atoms with Gasteiger partial charge in [-0.25, -0.2) is 8.42 Å². The van der Waals surface area contributed by atoms with Crippen molar-refractivity contribution in [1.82, 2.24) is 20.1 Å². The van der Waals surface area contributed by atoms with Crippen LogP contribution in [0.4, 0.5) is 0 Å². The Labute approximate surface area is 209 Å². The molecule has 160 valence electrons. The van der Waals surface area contributed by atoms with Crippen molar-refractivity contribution in [2.45, 2.75) is 24.5 Å². The number of rotatable bonds is 5. The Balaban J connectivity index is 0.00000153. The number of hydrogen-bond acceptors (Lipinski definition) is 6. The average molecular weight is 460 g/mol. The van der Waals surface area contributed by atoms with Gasteiger partial charge < -0.3 is 16.5 Å². The Morgan fingerprint density at radius 2 is 2.12 bits per heavy atom. The van der Waals surface area contributed by atoms with Crippen LogP contribution in [0.15, 0.2) is 41.6 Å². The molecule has 2 aromatic heterocycles. The maximum atomic E-state index is 12.5. The van der Waals surface area contributed by atoms with Crippen LogP contribution in [0, 0.1) is 18.3 Å². The molecule has 32 heavy (non-hydrogen) atoms. The van der Waals surface area contributed by atoms with Crippen LogP contribution in [0.1, 0.15) is 18.1 Å². The second kappa shape index (κ2) is 8.54. The number of aromatic amines is 1. The van der Waals surface area contributed by atoms with Crippen molar-refractivity contribution < 1.29 is 44.1 Å². The third kappa shape index (κ3) is 3.93. The van der Waals surface area contributed by atoms with Crippen LogP contribution in [0.25, 0.3) is 21.8 Å². The molecule has 1 aliphatic heterocycles. The van der Waals surface area contributed by atoms with Crippen molar-refractivity contribution in [2.75, 3.05) is 19.3 Å². The Hall–Kier alpha value is -2.35. The maximum absolute atomic E-state index is 12.5. The van der Waals surface area contributed by atoms with Gasteiger partial charge in [0.05, 0.1) is 17.0 Å². The number of hydrogen-bond donors (Lipinski definition) is 2. The van der Waals surface area contributed by atoms with E-state index in [1.807, 2.05) is 31.5 Å². The molecule has 1 saturated heterocycles. The SMILES string of the molecule is Cc1cc(S(C)(=O)=O)c(Cn2cc3ccc(C#N)c(OC4CNC4)c3n2)c2cc[nH]c12.[H-].[Na+]. The maximum Gasteiger partial charge on any atom is 1.00 e. The molecule has 0 amide bonds. The number of sulfone groups is 1. The van der Waals surface area contributed by atoms with Gasteiger partial charge in [-0.2, -0.15) is 10.4 Å². The fraction of sp³-hybridized carbons (Fsp3) is 0.273. The van der Waals surface area contributed by atoms with Crippen LogP contribution >= 0.6 is 0 Å². The third-order valence-electron chi connectivity index (χ3n) is 5.66. The van der Waals surface area contributed by atoms with Gasteiger partial charge in [-0.1, -0.05) is 0 Å². The van der Waals surface area contributed by atoms with Gasteiger partial charge in [-0.15, -0.1) is 0 Å². The summed E-state index contributed by atoms with van der Waals surface area (Å²) in [7, 11) is -3.44. The van der Waals surface area contributed by atoms with Crippen molar-refractivity contribution >= 4 is 31.6 Å². The average Bonchev–Trinajstić information content (AvgIpc) is 3.32. The van der Waals surface area contributed by atoms with E-state index in [0.717, 1.165) is 34.9 Å². The number of ether oxygens (including phenoxy) is 1. The first-order chi connectivity index (χ1) is 14.8. The molecular formula is C22H22N5NaO3S. The Kier molecular flexibility index (Phi) is 6.09. The van der Waals surface area contributed by atoms with E-state index in [4.69, 9.17) is 4.74 Å². The van der Waals surface area contributed by atoms with Gasteiger partial charge in [-0.05, 0) is 36.8 Å². The molecule has 0 spiro atoms. The standard InChI is InChI=1S/C22H21N5O3S.Na.H/c1-13-7-19(31(2,28)29)18(17-5-6-25-20(13)17)12-27-11-15-4-3-14(8-23)22(21(15)26-27)30-16-9-24-10-16;;/h3-7,11,16,24-25H,9-10,12H2,1-2H3;;/q;+1;-1. The molecule has 0 radical (unpaired) electrons. The van der Waals surface area contributed by atoms with Crippen LogP contribution in [-0.2, 0) is 16.4 Å². The molecule has 0 bridgehead atoms. The van der Waals surface area contributed by atoms with Crippen LogP contribution in [-0.4, -0.2) is 48.6 Å². The summed E-state index contributed by atoms with van der Waals surface area (Å²) in [5.74, 6) is 0.476. The number of benzene rings is 2. The van der Waals surface area contributed by atoms with Gasteiger partial charge in [0.2, 0.25) is 0 Å². The minimum atomic E-state index is -3.44. The van der Waals surface area contributed by atoms with Gasteiger partial charge in [-0.3, -0.25) is 4.68 Å². The van der Waals surface area contributed by atoms with E-state index in [0.29, 0.717) is 27.3 Å². The van der Waals surface area contributed by atoms with Crippen molar-refractivity contribution in [3.8, 4) is 11.8 Å². The van der Waals surface area contributed by atoms with Gasteiger partial charge in [0, 0.05) is 53.6 Å². The minimum absolute atomic E-state index is 0. The summed E-state index contributed by atoms with van der Waals surface area (Å²) in [6.07, 6.45) is 4.90. The Morgan fingerprint density at radius 1 is 1.34 bits per heavy atom. The molecule has 2 aromatic carbocycles. The zero-order chi connectivity index (χ0) is 21.8. The van der Waals surface area contributed by atoms with Gasteiger partial charge in [0.1, 0.15) is 17.7 Å². The summed E-state index contributed by atoms with van der Waals surface area (Å²) in [6.45, 7) is 3.63. The monoisotopic (exact) mass is 459 g/mol. The summed E-state index contributed by atoms with van der Waals surface area (Å²) in [5.41, 5.74) is 3.50. The van der Waals surface area contributed by atoms with E-state index in [9.17, 15) is 13.7 Å². The zero-order valence-electron chi connectivity index (χ0n) is 19.1. The Morgan fingerprint density at radius 3 is 2.78 bits per heavy atom. The second-order valence-electron chi connectivity index (χ2n) is 7.93. The first-order valence-electron chi connectivity index (χ1n) is 9.92. The molecule has 5 rings (SSSR count). The molecule has 1 aliphatic rings. The van der Waals surface area contributed by atoms with Crippen molar-refractivity contribution in [3.63, 3.8) is 0 Å². The van der Waals surface area contributed by atoms with Gasteiger partial charge in [0.15, 0.2) is 15.6 Å². The first kappa shape index (κ1) is 22.8. The molecule has 0 atom stereocenters. The summed E-state index contributed by atoms with van der Waals surface area (Å²) < 4.78 is 32.8. The van der Waals surface area contributed by atoms with E-state index in [1.165, 1.54) is 6.26 Å². The summed E-state index contributed by atoms with van der Waals surface area (Å²) in [5, 5.41) is 19.0. The van der Waals surface area contributed by atoms with E-state index in [1.54, 1.807) is 16.8 Å². The number of nitrogens with one attached hydrogen (secondary N) is 2. The molecule has 10 heteroatoms. The number of nitriles is 1. The van der Waals surface area contributed by atoms with E-state index in [-0.39, 0.29) is 43.6 Å². The smallest absolute Gasteiger partial charge is 1.00 e. The summed E-state index contributed by atoms with van der Waals surface area (Å²) in [6, 6.07) is 9.34. The molecule has 0 saturated carbocycles. The minimum Gasteiger partial charge on any atom is -1.00 e. The summed E-state index contributed by atoms with van der Waals surface area (Å²) >= 11 is 0. The quantitative estimate of drug-likeness (QED) is 0.394. The normalized spacial score (nSPS) is 14.2. The fourth-order valence-corrected chi connectivity index (χ4v) is 5.02. The molecule has 4 aromatic rings. The van der Waals surface area contributed by atoms with E-state index >= 15 is 0 Å². The molecule has 8 nitrogen and oxygen atoms in total. The Bertz CT molecular complexity index is 1490.